The summed E-state index contributed by atoms with van der Waals surface area (Å²) in [4.78, 5) is 12.4. The molecular formula is C20H40N5+. The lowest BCUT2D eigenvalue weighted by molar-refractivity contribution is -0.916. The molecule has 0 bridgehead atoms. The number of hydrogen-bond donors (Lipinski definition) is 1. The molecule has 0 aromatic carbocycles. The normalized spacial score (nSPS) is 35.3. The standard InChI is InChI=1S/C20H39N5/c1-3-22-10-12-24(13-11-22)18-23-7-4-19(5-8-23)14-25-16-20(17-25)6-9-21(2)15-20/h19H,3-18H2,1-2H3/p+1. The van der Waals surface area contributed by atoms with Crippen molar-refractivity contribution in [1.82, 2.24) is 19.6 Å². The Hall–Kier alpha value is -0.200. The molecule has 0 amide bonds. The van der Waals surface area contributed by atoms with Gasteiger partial charge >= 0.3 is 0 Å². The van der Waals surface area contributed by atoms with Gasteiger partial charge in [-0.1, -0.05) is 6.92 Å². The van der Waals surface area contributed by atoms with Crippen LogP contribution in [0.2, 0.25) is 0 Å². The summed E-state index contributed by atoms with van der Waals surface area (Å²) in [5, 5.41) is 0. The summed E-state index contributed by atoms with van der Waals surface area (Å²) in [5.74, 6) is 0.970. The maximum absolute atomic E-state index is 2.76. The topological polar surface area (TPSA) is 17.4 Å². The first-order chi connectivity index (χ1) is 12.1. The van der Waals surface area contributed by atoms with E-state index in [1.54, 1.807) is 0 Å². The van der Waals surface area contributed by atoms with Crippen LogP contribution in [0.3, 0.4) is 0 Å². The third kappa shape index (κ3) is 4.38. The number of nitrogens with zero attached hydrogens (tertiary/aromatic N) is 4. The van der Waals surface area contributed by atoms with Gasteiger partial charge in [0.25, 0.3) is 0 Å². The fourth-order valence-corrected chi connectivity index (χ4v) is 5.82. The minimum Gasteiger partial charge on any atom is -0.322 e. The average molecular weight is 351 g/mol. The Bertz CT molecular complexity index is 420. The Morgan fingerprint density at radius 1 is 0.880 bits per heavy atom. The second-order valence-corrected chi connectivity index (χ2v) is 9.56. The number of rotatable bonds is 5. The van der Waals surface area contributed by atoms with Gasteiger partial charge in [0.05, 0.1) is 13.1 Å². The number of quaternary nitrogens is 1. The summed E-state index contributed by atoms with van der Waals surface area (Å²) in [6, 6.07) is 0. The van der Waals surface area contributed by atoms with Crippen molar-refractivity contribution in [2.24, 2.45) is 11.3 Å². The van der Waals surface area contributed by atoms with Crippen molar-refractivity contribution in [2.45, 2.75) is 26.2 Å². The molecular weight excluding hydrogens is 310 g/mol. The highest BCUT2D eigenvalue weighted by Crippen LogP contribution is 2.39. The van der Waals surface area contributed by atoms with Gasteiger partial charge in [0.1, 0.15) is 6.67 Å². The number of piperazine rings is 1. The van der Waals surface area contributed by atoms with Crippen LogP contribution in [-0.4, -0.2) is 112 Å². The van der Waals surface area contributed by atoms with Crippen LogP contribution in [0.4, 0.5) is 0 Å². The van der Waals surface area contributed by atoms with Crippen LogP contribution >= 0.6 is 0 Å². The van der Waals surface area contributed by atoms with Crippen LogP contribution in [0.15, 0.2) is 0 Å². The Kier molecular flexibility index (Phi) is 5.68. The smallest absolute Gasteiger partial charge is 0.133 e. The first-order valence-corrected chi connectivity index (χ1v) is 10.8. The number of piperidine rings is 1. The zero-order chi connectivity index (χ0) is 17.3. The van der Waals surface area contributed by atoms with Crippen LogP contribution in [0.5, 0.6) is 0 Å². The molecule has 4 aliphatic rings. The zero-order valence-electron chi connectivity index (χ0n) is 16.7. The molecule has 1 N–H and O–H groups in total. The summed E-state index contributed by atoms with van der Waals surface area (Å²) < 4.78 is 0. The van der Waals surface area contributed by atoms with Gasteiger partial charge in [-0.3, -0.25) is 4.90 Å². The molecule has 0 atom stereocenters. The van der Waals surface area contributed by atoms with Gasteiger partial charge in [-0.2, -0.15) is 0 Å². The molecule has 1 spiro atoms. The third-order valence-electron chi connectivity index (χ3n) is 7.44. The van der Waals surface area contributed by atoms with E-state index >= 15 is 0 Å². The molecule has 4 rings (SSSR count). The Morgan fingerprint density at radius 3 is 2.16 bits per heavy atom. The quantitative estimate of drug-likeness (QED) is 0.721. The summed E-state index contributed by atoms with van der Waals surface area (Å²) in [6.07, 6.45) is 4.34. The van der Waals surface area contributed by atoms with Gasteiger partial charge in [0, 0.05) is 70.6 Å². The Morgan fingerprint density at radius 2 is 1.56 bits per heavy atom. The highest BCUT2D eigenvalue weighted by atomic mass is 15.3. The van der Waals surface area contributed by atoms with E-state index in [4.69, 9.17) is 0 Å². The van der Waals surface area contributed by atoms with Gasteiger partial charge in [-0.25, -0.2) is 0 Å². The van der Waals surface area contributed by atoms with Gasteiger partial charge in [0.2, 0.25) is 0 Å². The molecule has 0 aromatic rings. The van der Waals surface area contributed by atoms with Gasteiger partial charge < -0.3 is 19.6 Å². The van der Waals surface area contributed by atoms with E-state index in [9.17, 15) is 0 Å². The minimum atomic E-state index is 0.682. The van der Waals surface area contributed by atoms with E-state index in [0.29, 0.717) is 5.41 Å². The van der Waals surface area contributed by atoms with Crippen molar-refractivity contribution in [3.63, 3.8) is 0 Å². The van der Waals surface area contributed by atoms with Crippen molar-refractivity contribution in [3.8, 4) is 0 Å². The van der Waals surface area contributed by atoms with Crippen LogP contribution in [0.1, 0.15) is 26.2 Å². The molecule has 0 aliphatic carbocycles. The number of nitrogens with one attached hydrogen (secondary N) is 1. The third-order valence-corrected chi connectivity index (χ3v) is 7.44. The fraction of sp³-hybridized carbons (Fsp3) is 1.00. The van der Waals surface area contributed by atoms with E-state index in [2.05, 4.69) is 33.6 Å². The lowest BCUT2D eigenvalue weighted by Crippen LogP contribution is -3.14. The van der Waals surface area contributed by atoms with Crippen molar-refractivity contribution in [3.05, 3.63) is 0 Å². The predicted molar refractivity (Wildman–Crippen MR) is 103 cm³/mol. The molecule has 4 fully saturated rings. The summed E-state index contributed by atoms with van der Waals surface area (Å²) in [5.41, 5.74) is 0.682. The van der Waals surface area contributed by atoms with E-state index < -0.39 is 0 Å². The maximum atomic E-state index is 2.76. The van der Waals surface area contributed by atoms with Crippen LogP contribution in [0.25, 0.3) is 0 Å². The van der Waals surface area contributed by atoms with Crippen molar-refractivity contribution in [2.75, 3.05) is 92.3 Å². The van der Waals surface area contributed by atoms with Crippen molar-refractivity contribution < 1.29 is 4.90 Å². The fourth-order valence-electron chi connectivity index (χ4n) is 5.82. The molecule has 25 heavy (non-hydrogen) atoms. The molecule has 5 nitrogen and oxygen atoms in total. The Labute approximate surface area is 154 Å². The van der Waals surface area contributed by atoms with E-state index in [-0.39, 0.29) is 0 Å². The average Bonchev–Trinajstić information content (AvgIpc) is 2.99. The molecule has 0 radical (unpaired) electrons. The minimum absolute atomic E-state index is 0.682. The lowest BCUT2D eigenvalue weighted by atomic mass is 9.78. The van der Waals surface area contributed by atoms with E-state index in [0.717, 1.165) is 5.92 Å². The van der Waals surface area contributed by atoms with Gasteiger partial charge in [0.15, 0.2) is 0 Å². The van der Waals surface area contributed by atoms with Gasteiger partial charge in [-0.05, 0) is 32.5 Å². The molecule has 4 saturated heterocycles. The lowest BCUT2D eigenvalue weighted by Gasteiger charge is -2.49. The van der Waals surface area contributed by atoms with E-state index in [1.807, 2.05) is 4.90 Å². The SMILES string of the molecule is CCN1CCN(C[NH+]2CCC(CN3CC4(CCN(C)C4)C3)CC2)CC1. The van der Waals surface area contributed by atoms with Gasteiger partial charge in [-0.15, -0.1) is 0 Å². The number of hydrogen-bond acceptors (Lipinski definition) is 4. The zero-order valence-corrected chi connectivity index (χ0v) is 16.7. The van der Waals surface area contributed by atoms with Crippen LogP contribution < -0.4 is 4.90 Å². The largest absolute Gasteiger partial charge is 0.322 e. The maximum Gasteiger partial charge on any atom is 0.133 e. The first kappa shape index (κ1) is 18.2. The van der Waals surface area contributed by atoms with Crippen LogP contribution in [-0.2, 0) is 0 Å². The molecule has 0 saturated carbocycles. The van der Waals surface area contributed by atoms with Crippen molar-refractivity contribution in [1.29, 1.82) is 0 Å². The highest BCUT2D eigenvalue weighted by Gasteiger charge is 2.46. The summed E-state index contributed by atoms with van der Waals surface area (Å²) >= 11 is 0. The summed E-state index contributed by atoms with van der Waals surface area (Å²) in [7, 11) is 2.29. The van der Waals surface area contributed by atoms with Crippen molar-refractivity contribution >= 4 is 0 Å². The molecule has 4 heterocycles. The molecule has 0 unspecified atom stereocenters. The molecule has 0 aromatic heterocycles. The second kappa shape index (κ2) is 7.81. The van der Waals surface area contributed by atoms with Crippen LogP contribution in [0, 0.1) is 11.3 Å². The number of likely N-dealkylation sites (tertiary alicyclic amines) is 3. The van der Waals surface area contributed by atoms with E-state index in [1.165, 1.54) is 104 Å². The highest BCUT2D eigenvalue weighted by molar-refractivity contribution is 5.00. The summed E-state index contributed by atoms with van der Waals surface area (Å²) in [6.45, 7) is 19.5. The first-order valence-electron chi connectivity index (χ1n) is 10.8. The predicted octanol–water partition coefficient (Wildman–Crippen LogP) is -0.486. The second-order valence-electron chi connectivity index (χ2n) is 9.56. The molecule has 4 aliphatic heterocycles. The molecule has 144 valence electrons. The Balaban J connectivity index is 1.12. The molecule has 5 heteroatoms. The number of likely N-dealkylation sites (N-methyl/N-ethyl adjacent to an activating group) is 1. The monoisotopic (exact) mass is 350 g/mol.